The first-order valence-electron chi connectivity index (χ1n) is 13.2. The summed E-state index contributed by atoms with van der Waals surface area (Å²) < 4.78 is 15.2. The van der Waals surface area contributed by atoms with Gasteiger partial charge >= 0.3 is 0 Å². The molecule has 0 saturated carbocycles. The maximum atomic E-state index is 6.51. The molecule has 7 nitrogen and oxygen atoms in total. The molecule has 1 atom stereocenters. The molecule has 2 aliphatic heterocycles. The van der Waals surface area contributed by atoms with Crippen molar-refractivity contribution in [3.05, 3.63) is 121 Å². The van der Waals surface area contributed by atoms with Crippen LogP contribution in [0.3, 0.4) is 0 Å². The highest BCUT2D eigenvalue weighted by Gasteiger charge is 2.36. The van der Waals surface area contributed by atoms with Crippen LogP contribution in [0.2, 0.25) is 0 Å². The summed E-state index contributed by atoms with van der Waals surface area (Å²) in [6.45, 7) is 0. The molecule has 0 aliphatic carbocycles. The molecule has 0 fully saturated rings. The maximum Gasteiger partial charge on any atom is 0.161 e. The molecule has 0 radical (unpaired) electrons. The van der Waals surface area contributed by atoms with Crippen molar-refractivity contribution in [2.75, 3.05) is 7.05 Å². The van der Waals surface area contributed by atoms with Crippen molar-refractivity contribution in [3.8, 4) is 11.4 Å². The lowest BCUT2D eigenvalue weighted by molar-refractivity contribution is 0.317. The van der Waals surface area contributed by atoms with E-state index < -0.39 is 0 Å². The highest BCUT2D eigenvalue weighted by atomic mass is 16.5. The zero-order chi connectivity index (χ0) is 26.4. The number of hydrogen-bond acceptors (Lipinski definition) is 6. The van der Waals surface area contributed by atoms with Crippen molar-refractivity contribution in [2.45, 2.75) is 6.04 Å². The fourth-order valence-corrected chi connectivity index (χ4v) is 6.29. The number of allylic oxidation sites excluding steroid dienone is 2. The minimum Gasteiger partial charge on any atom is -0.458 e. The van der Waals surface area contributed by atoms with Gasteiger partial charge in [0.25, 0.3) is 0 Å². The number of rotatable bonds is 2. The Kier molecular flexibility index (Phi) is 4.19. The number of nitrogens with zero attached hydrogens (tertiary/aromatic N) is 5. The Morgan fingerprint density at radius 2 is 1.62 bits per heavy atom. The fourth-order valence-electron chi connectivity index (χ4n) is 6.29. The van der Waals surface area contributed by atoms with Crippen molar-refractivity contribution < 1.29 is 9.15 Å². The van der Waals surface area contributed by atoms with Crippen molar-refractivity contribution in [1.29, 1.82) is 0 Å². The quantitative estimate of drug-likeness (QED) is 0.241. The second-order valence-electron chi connectivity index (χ2n) is 10.2. The van der Waals surface area contributed by atoms with E-state index in [1.54, 1.807) is 0 Å². The third kappa shape index (κ3) is 2.81. The first-order valence-corrected chi connectivity index (χ1v) is 13.2. The molecule has 2 aromatic carbocycles. The normalized spacial score (nSPS) is 16.3. The Morgan fingerprint density at radius 3 is 2.45 bits per heavy atom. The van der Waals surface area contributed by atoms with Gasteiger partial charge in [-0.3, -0.25) is 15.0 Å². The number of ether oxygens (including phenoxy) is 1. The average Bonchev–Trinajstić information content (AvgIpc) is 3.67. The molecule has 1 unspecified atom stereocenters. The zero-order valence-corrected chi connectivity index (χ0v) is 21.4. The molecule has 0 saturated heterocycles. The van der Waals surface area contributed by atoms with Crippen LogP contribution in [0.1, 0.15) is 17.2 Å². The number of furan rings is 1. The minimum atomic E-state index is 0.0229. The standard InChI is InChI=1S/C33H21N5O2/c1-37-15-11-21(33-31(37)22-4-2-3-5-28(22)40-33)20-8-14-36-30-23-16-19(6-7-29(23)39-32(20)30)38-26-9-12-34-17-24(26)25-18-35-13-10-27(25)38/h2-18,31H,1H3. The minimum absolute atomic E-state index is 0.0229. The Balaban J connectivity index is 1.26. The summed E-state index contributed by atoms with van der Waals surface area (Å²) in [6, 6.07) is 20.6. The first-order chi connectivity index (χ1) is 19.8. The molecule has 0 spiro atoms. The number of para-hydroxylation sites is 1. The average molecular weight is 520 g/mol. The highest BCUT2D eigenvalue weighted by molar-refractivity contribution is 6.10. The summed E-state index contributed by atoms with van der Waals surface area (Å²) in [7, 11) is 2.08. The summed E-state index contributed by atoms with van der Waals surface area (Å²) in [5.74, 6) is 1.80. The molecule has 0 bridgehead atoms. The second-order valence-corrected chi connectivity index (χ2v) is 10.2. The number of benzene rings is 2. The van der Waals surface area contributed by atoms with Crippen molar-refractivity contribution in [3.63, 3.8) is 0 Å². The van der Waals surface area contributed by atoms with Crippen LogP contribution >= 0.6 is 0 Å². The lowest BCUT2D eigenvalue weighted by atomic mass is 9.95. The van der Waals surface area contributed by atoms with E-state index in [9.17, 15) is 0 Å². The second kappa shape index (κ2) is 7.80. The van der Waals surface area contributed by atoms with Gasteiger partial charge in [0, 0.05) is 82.8 Å². The van der Waals surface area contributed by atoms with Crippen LogP contribution in [0.25, 0.3) is 55.1 Å². The number of aromatic nitrogens is 4. The van der Waals surface area contributed by atoms with Crippen LogP contribution < -0.4 is 4.74 Å². The largest absolute Gasteiger partial charge is 0.458 e. The third-order valence-corrected chi connectivity index (χ3v) is 8.08. The topological polar surface area (TPSA) is 69.2 Å². The van der Waals surface area contributed by atoms with E-state index in [1.807, 2.05) is 67.4 Å². The van der Waals surface area contributed by atoms with Gasteiger partial charge in [-0.15, -0.1) is 0 Å². The third-order valence-electron chi connectivity index (χ3n) is 8.08. The van der Waals surface area contributed by atoms with Gasteiger partial charge in [0.2, 0.25) is 0 Å². The van der Waals surface area contributed by atoms with Gasteiger partial charge in [0.15, 0.2) is 5.58 Å². The first kappa shape index (κ1) is 21.5. The molecule has 9 rings (SSSR count). The molecule has 7 heteroatoms. The Bertz CT molecular complexity index is 2190. The van der Waals surface area contributed by atoms with Crippen LogP contribution in [0.4, 0.5) is 0 Å². The van der Waals surface area contributed by atoms with Crippen LogP contribution in [-0.2, 0) is 0 Å². The van der Waals surface area contributed by atoms with Gasteiger partial charge in [-0.05, 0) is 48.5 Å². The molecule has 190 valence electrons. The summed E-state index contributed by atoms with van der Waals surface area (Å²) in [4.78, 5) is 15.7. The van der Waals surface area contributed by atoms with Gasteiger partial charge in [0.1, 0.15) is 28.7 Å². The van der Waals surface area contributed by atoms with E-state index in [1.165, 1.54) is 0 Å². The van der Waals surface area contributed by atoms with Gasteiger partial charge < -0.3 is 18.6 Å². The molecular formula is C33H21N5O2. The van der Waals surface area contributed by atoms with Crippen molar-refractivity contribution in [1.82, 2.24) is 24.4 Å². The highest BCUT2D eigenvalue weighted by Crippen LogP contribution is 2.48. The van der Waals surface area contributed by atoms with E-state index in [0.717, 1.165) is 77.8 Å². The van der Waals surface area contributed by atoms with Crippen molar-refractivity contribution in [2.24, 2.45) is 0 Å². The molecule has 0 amide bonds. The summed E-state index contributed by atoms with van der Waals surface area (Å²) in [6.07, 6.45) is 13.5. The van der Waals surface area contributed by atoms with Crippen molar-refractivity contribution >= 4 is 49.4 Å². The van der Waals surface area contributed by atoms with Crippen LogP contribution in [0, 0.1) is 0 Å². The monoisotopic (exact) mass is 519 g/mol. The maximum absolute atomic E-state index is 6.51. The SMILES string of the molecule is CN1C=CC(c2ccnc3c2oc2ccc(-n4c5ccncc5c5cnccc54)cc23)=C2Oc3ccccc3C21. The number of hydrogen-bond donors (Lipinski definition) is 0. The van der Waals surface area contributed by atoms with Gasteiger partial charge in [-0.1, -0.05) is 18.2 Å². The Morgan fingerprint density at radius 1 is 0.825 bits per heavy atom. The summed E-state index contributed by atoms with van der Waals surface area (Å²) in [5.41, 5.74) is 8.68. The molecule has 2 aliphatic rings. The van der Waals surface area contributed by atoms with Gasteiger partial charge in [-0.25, -0.2) is 0 Å². The van der Waals surface area contributed by atoms with Crippen LogP contribution in [0.15, 0.2) is 114 Å². The van der Waals surface area contributed by atoms with E-state index >= 15 is 0 Å². The van der Waals surface area contributed by atoms with Gasteiger partial charge in [0.05, 0.1) is 11.0 Å². The summed E-state index contributed by atoms with van der Waals surface area (Å²) in [5, 5.41) is 3.10. The fraction of sp³-hybridized carbons (Fsp3) is 0.0606. The molecule has 0 N–H and O–H groups in total. The molecular weight excluding hydrogens is 498 g/mol. The molecule has 7 aromatic rings. The smallest absolute Gasteiger partial charge is 0.161 e. The number of fused-ring (bicyclic) bond motifs is 9. The van der Waals surface area contributed by atoms with E-state index in [4.69, 9.17) is 14.1 Å². The van der Waals surface area contributed by atoms with Crippen LogP contribution in [-0.4, -0.2) is 31.5 Å². The molecule has 7 heterocycles. The lowest BCUT2D eigenvalue weighted by Crippen LogP contribution is -2.22. The number of likely N-dealkylation sites (N-methyl/N-ethyl adjacent to an activating group) is 1. The van der Waals surface area contributed by atoms with E-state index in [0.29, 0.717) is 0 Å². The van der Waals surface area contributed by atoms with Crippen LogP contribution in [0.5, 0.6) is 5.75 Å². The van der Waals surface area contributed by atoms with E-state index in [2.05, 4.69) is 63.0 Å². The zero-order valence-electron chi connectivity index (χ0n) is 21.4. The molecule has 5 aromatic heterocycles. The number of pyridine rings is 3. The summed E-state index contributed by atoms with van der Waals surface area (Å²) >= 11 is 0. The van der Waals surface area contributed by atoms with Gasteiger partial charge in [-0.2, -0.15) is 0 Å². The molecule has 40 heavy (non-hydrogen) atoms. The van der Waals surface area contributed by atoms with E-state index in [-0.39, 0.29) is 6.04 Å². The predicted octanol–water partition coefficient (Wildman–Crippen LogP) is 7.17. The lowest BCUT2D eigenvalue weighted by Gasteiger charge is -2.28. The Hall–Kier alpha value is -5.43. The Labute approximate surface area is 228 Å². The predicted molar refractivity (Wildman–Crippen MR) is 155 cm³/mol.